The first kappa shape index (κ1) is 16.6. The van der Waals surface area contributed by atoms with Crippen LogP contribution in [0.3, 0.4) is 0 Å². The molecule has 1 fully saturated rings. The highest BCUT2D eigenvalue weighted by Gasteiger charge is 2.18. The number of benzene rings is 1. The van der Waals surface area contributed by atoms with E-state index in [0.717, 1.165) is 17.8 Å². The van der Waals surface area contributed by atoms with Crippen molar-refractivity contribution < 1.29 is 0 Å². The van der Waals surface area contributed by atoms with Gasteiger partial charge in [-0.2, -0.15) is 0 Å². The Morgan fingerprint density at radius 1 is 1.00 bits per heavy atom. The van der Waals surface area contributed by atoms with Crippen LogP contribution < -0.4 is 0 Å². The Labute approximate surface area is 132 Å². The van der Waals surface area contributed by atoms with Gasteiger partial charge >= 0.3 is 0 Å². The molecule has 0 aromatic heterocycles. The predicted octanol–water partition coefficient (Wildman–Crippen LogP) is 6.88. The molecule has 0 amide bonds. The molecule has 1 unspecified atom stereocenters. The maximum absolute atomic E-state index is 2.42. The molecule has 0 bridgehead atoms. The van der Waals surface area contributed by atoms with Crippen LogP contribution in [-0.2, 0) is 0 Å². The summed E-state index contributed by atoms with van der Waals surface area (Å²) >= 11 is 0. The van der Waals surface area contributed by atoms with Gasteiger partial charge in [-0.25, -0.2) is 0 Å². The zero-order valence-corrected chi connectivity index (χ0v) is 14.4. The maximum Gasteiger partial charge on any atom is -0.0162 e. The van der Waals surface area contributed by atoms with Crippen molar-refractivity contribution in [1.29, 1.82) is 0 Å². The van der Waals surface area contributed by atoms with Crippen LogP contribution in [-0.4, -0.2) is 0 Å². The minimum atomic E-state index is 0.790. The van der Waals surface area contributed by atoms with E-state index in [0.29, 0.717) is 0 Å². The van der Waals surface area contributed by atoms with Gasteiger partial charge in [0.1, 0.15) is 0 Å². The molecule has 0 heterocycles. The van der Waals surface area contributed by atoms with E-state index in [1.165, 1.54) is 63.4 Å². The second-order valence-electron chi connectivity index (χ2n) is 7.45. The van der Waals surface area contributed by atoms with Gasteiger partial charge in [0.2, 0.25) is 0 Å². The highest BCUT2D eigenvalue weighted by molar-refractivity contribution is 5.24. The normalized spacial score (nSPS) is 24.0. The van der Waals surface area contributed by atoms with E-state index >= 15 is 0 Å². The molecule has 1 saturated carbocycles. The fourth-order valence-corrected chi connectivity index (χ4v) is 3.94. The van der Waals surface area contributed by atoms with Crippen molar-refractivity contribution in [3.63, 3.8) is 0 Å². The molecule has 0 heteroatoms. The van der Waals surface area contributed by atoms with Crippen molar-refractivity contribution in [2.45, 2.75) is 84.5 Å². The zero-order valence-electron chi connectivity index (χ0n) is 14.4. The summed E-state index contributed by atoms with van der Waals surface area (Å²) in [5.74, 6) is 2.81. The standard InChI is InChI=1S/C21H34/c1-4-6-20(21-15-11-18(3)12-16-21)8-5-7-19-13-9-17(2)10-14-19/h11-12,15-17,19-20H,4-10,13-14H2,1-3H3. The molecular formula is C21H34. The van der Waals surface area contributed by atoms with Crippen LogP contribution in [0.4, 0.5) is 0 Å². The minimum Gasteiger partial charge on any atom is -0.0654 e. The highest BCUT2D eigenvalue weighted by atomic mass is 14.2. The smallest absolute Gasteiger partial charge is 0.0162 e. The Balaban J connectivity index is 1.78. The lowest BCUT2D eigenvalue weighted by Gasteiger charge is -2.26. The van der Waals surface area contributed by atoms with Gasteiger partial charge in [0.05, 0.1) is 0 Å². The summed E-state index contributed by atoms with van der Waals surface area (Å²) in [5.41, 5.74) is 2.95. The Bertz CT molecular complexity index is 381. The number of hydrogen-bond donors (Lipinski definition) is 0. The first-order chi connectivity index (χ1) is 10.2. The monoisotopic (exact) mass is 286 g/mol. The molecule has 1 aliphatic carbocycles. The molecule has 1 aliphatic rings. The van der Waals surface area contributed by atoms with Crippen molar-refractivity contribution in [3.8, 4) is 0 Å². The third-order valence-electron chi connectivity index (χ3n) is 5.49. The average molecular weight is 287 g/mol. The molecular weight excluding hydrogens is 252 g/mol. The largest absolute Gasteiger partial charge is 0.0654 e. The van der Waals surface area contributed by atoms with Crippen molar-refractivity contribution >= 4 is 0 Å². The van der Waals surface area contributed by atoms with Crippen LogP contribution >= 0.6 is 0 Å². The van der Waals surface area contributed by atoms with E-state index in [1.54, 1.807) is 5.56 Å². The first-order valence-electron chi connectivity index (χ1n) is 9.25. The van der Waals surface area contributed by atoms with Gasteiger partial charge in [-0.15, -0.1) is 0 Å². The summed E-state index contributed by atoms with van der Waals surface area (Å²) in [6.45, 7) is 6.93. The lowest BCUT2D eigenvalue weighted by Crippen LogP contribution is -2.12. The van der Waals surface area contributed by atoms with Gasteiger partial charge in [-0.05, 0) is 43.1 Å². The molecule has 0 saturated heterocycles. The predicted molar refractivity (Wildman–Crippen MR) is 93.8 cm³/mol. The van der Waals surface area contributed by atoms with Gasteiger partial charge in [0.15, 0.2) is 0 Å². The van der Waals surface area contributed by atoms with Crippen LogP contribution in [0.2, 0.25) is 0 Å². The average Bonchev–Trinajstić information content (AvgIpc) is 2.49. The van der Waals surface area contributed by atoms with Gasteiger partial charge < -0.3 is 0 Å². The second kappa shape index (κ2) is 8.61. The number of rotatable bonds is 7. The van der Waals surface area contributed by atoms with Crippen LogP contribution in [0.5, 0.6) is 0 Å². The molecule has 0 N–H and O–H groups in total. The van der Waals surface area contributed by atoms with Gasteiger partial charge in [-0.1, -0.05) is 88.6 Å². The summed E-state index contributed by atoms with van der Waals surface area (Å²) in [4.78, 5) is 0. The third kappa shape index (κ3) is 5.49. The molecule has 1 aromatic carbocycles. The minimum absolute atomic E-state index is 0.790. The number of hydrogen-bond acceptors (Lipinski definition) is 0. The Morgan fingerprint density at radius 2 is 1.67 bits per heavy atom. The van der Waals surface area contributed by atoms with Crippen molar-refractivity contribution in [1.82, 2.24) is 0 Å². The van der Waals surface area contributed by atoms with E-state index < -0.39 is 0 Å². The van der Waals surface area contributed by atoms with E-state index in [-0.39, 0.29) is 0 Å². The van der Waals surface area contributed by atoms with E-state index in [4.69, 9.17) is 0 Å². The molecule has 118 valence electrons. The van der Waals surface area contributed by atoms with Crippen molar-refractivity contribution in [2.75, 3.05) is 0 Å². The van der Waals surface area contributed by atoms with Crippen LogP contribution in [0.1, 0.15) is 88.7 Å². The van der Waals surface area contributed by atoms with E-state index in [1.807, 2.05) is 0 Å². The molecule has 0 spiro atoms. The van der Waals surface area contributed by atoms with Crippen molar-refractivity contribution in [3.05, 3.63) is 35.4 Å². The highest BCUT2D eigenvalue weighted by Crippen LogP contribution is 2.33. The molecule has 0 radical (unpaired) electrons. The summed E-state index contributed by atoms with van der Waals surface area (Å²) in [6.07, 6.45) is 12.9. The van der Waals surface area contributed by atoms with Gasteiger partial charge in [0.25, 0.3) is 0 Å². The SMILES string of the molecule is CCCC(CCCC1CCC(C)CC1)c1ccc(C)cc1. The topological polar surface area (TPSA) is 0 Å². The lowest BCUT2D eigenvalue weighted by molar-refractivity contribution is 0.270. The molecule has 0 nitrogen and oxygen atoms in total. The quantitative estimate of drug-likeness (QED) is 0.512. The van der Waals surface area contributed by atoms with Crippen LogP contribution in [0.15, 0.2) is 24.3 Å². The van der Waals surface area contributed by atoms with Crippen molar-refractivity contribution in [2.24, 2.45) is 11.8 Å². The zero-order chi connectivity index (χ0) is 15.1. The van der Waals surface area contributed by atoms with Crippen LogP contribution in [0.25, 0.3) is 0 Å². The maximum atomic E-state index is 2.42. The van der Waals surface area contributed by atoms with E-state index in [2.05, 4.69) is 45.0 Å². The number of aryl methyl sites for hydroxylation is 1. The second-order valence-corrected chi connectivity index (χ2v) is 7.45. The Kier molecular flexibility index (Phi) is 6.80. The summed E-state index contributed by atoms with van der Waals surface area (Å²) in [6, 6.07) is 9.27. The molecule has 1 aromatic rings. The lowest BCUT2D eigenvalue weighted by atomic mass is 9.79. The summed E-state index contributed by atoms with van der Waals surface area (Å²) in [5, 5.41) is 0. The Morgan fingerprint density at radius 3 is 2.29 bits per heavy atom. The summed E-state index contributed by atoms with van der Waals surface area (Å²) < 4.78 is 0. The summed E-state index contributed by atoms with van der Waals surface area (Å²) in [7, 11) is 0. The molecule has 2 rings (SSSR count). The fraction of sp³-hybridized carbons (Fsp3) is 0.714. The van der Waals surface area contributed by atoms with E-state index in [9.17, 15) is 0 Å². The fourth-order valence-electron chi connectivity index (χ4n) is 3.94. The molecule has 21 heavy (non-hydrogen) atoms. The van der Waals surface area contributed by atoms with Crippen LogP contribution in [0, 0.1) is 18.8 Å². The third-order valence-corrected chi connectivity index (χ3v) is 5.49. The molecule has 1 atom stereocenters. The molecule has 0 aliphatic heterocycles. The van der Waals surface area contributed by atoms with Gasteiger partial charge in [-0.3, -0.25) is 0 Å². The van der Waals surface area contributed by atoms with Gasteiger partial charge in [0, 0.05) is 0 Å². The first-order valence-corrected chi connectivity index (χ1v) is 9.25. The Hall–Kier alpha value is -0.780.